The zero-order valence-electron chi connectivity index (χ0n) is 43.5. The summed E-state index contributed by atoms with van der Waals surface area (Å²) in [6.45, 7) is -0.308. The molecular weight excluding hydrogens is 987 g/mol. The first-order valence-electron chi connectivity index (χ1n) is 28.0. The SMILES string of the molecule is c1ccc(N2c3ccccc3B3c4ccc5c(c4Oc4cccc2c43)c2ccc3c(c2c2ccc4c(c52)Oc2cccc5c2B4c2ccccc2N5c2ccccc2)Oc2cccc4c2B3c2ccccc2N4c2ccccc2)cc1. The topological polar surface area (TPSA) is 37.4 Å². The van der Waals surface area contributed by atoms with Gasteiger partial charge in [0.2, 0.25) is 0 Å². The second-order valence-electron chi connectivity index (χ2n) is 22.1. The van der Waals surface area contributed by atoms with Crippen LogP contribution in [0.5, 0.6) is 34.5 Å². The number of para-hydroxylation sites is 6. The third kappa shape index (κ3) is 5.74. The van der Waals surface area contributed by atoms with Crippen LogP contribution in [0.1, 0.15) is 0 Å². The van der Waals surface area contributed by atoms with Crippen LogP contribution >= 0.6 is 0 Å². The molecule has 0 amide bonds. The van der Waals surface area contributed by atoms with Crippen molar-refractivity contribution < 1.29 is 14.2 Å². The summed E-state index contributed by atoms with van der Waals surface area (Å²) in [6.07, 6.45) is 0. The van der Waals surface area contributed by atoms with E-state index in [1.807, 2.05) is 0 Å². The lowest BCUT2D eigenvalue weighted by atomic mass is 9.33. The molecule has 0 saturated carbocycles. The molecule has 6 heterocycles. The minimum Gasteiger partial charge on any atom is -0.458 e. The lowest BCUT2D eigenvalue weighted by Gasteiger charge is -2.41. The highest BCUT2D eigenvalue weighted by atomic mass is 16.5. The van der Waals surface area contributed by atoms with Crippen molar-refractivity contribution in [2.45, 2.75) is 0 Å². The Morgan fingerprint density at radius 1 is 0.222 bits per heavy atom. The van der Waals surface area contributed by atoms with E-state index in [0.29, 0.717) is 0 Å². The van der Waals surface area contributed by atoms with Crippen molar-refractivity contribution in [2.24, 2.45) is 0 Å². The Balaban J connectivity index is 0.913. The predicted molar refractivity (Wildman–Crippen MR) is 337 cm³/mol. The molecule has 13 aromatic carbocycles. The van der Waals surface area contributed by atoms with Gasteiger partial charge < -0.3 is 28.9 Å². The number of rotatable bonds is 3. The van der Waals surface area contributed by atoms with Crippen LogP contribution in [0.15, 0.2) is 255 Å². The summed E-state index contributed by atoms with van der Waals surface area (Å²) in [5.41, 5.74) is 20.7. The van der Waals surface area contributed by atoms with Crippen LogP contribution in [0, 0.1) is 0 Å². The van der Waals surface area contributed by atoms with Crippen LogP contribution in [0.4, 0.5) is 51.2 Å². The molecule has 372 valence electrons. The van der Waals surface area contributed by atoms with Gasteiger partial charge in [-0.25, -0.2) is 0 Å². The molecular formula is C72H42B3N3O3. The van der Waals surface area contributed by atoms with Crippen LogP contribution in [-0.2, 0) is 0 Å². The quantitative estimate of drug-likeness (QED) is 0.130. The van der Waals surface area contributed by atoms with Crippen molar-refractivity contribution in [3.05, 3.63) is 255 Å². The van der Waals surface area contributed by atoms with E-state index in [2.05, 4.69) is 269 Å². The van der Waals surface area contributed by atoms with Crippen molar-refractivity contribution in [3.63, 3.8) is 0 Å². The smallest absolute Gasteiger partial charge is 0.256 e. The van der Waals surface area contributed by atoms with Crippen LogP contribution < -0.4 is 78.1 Å². The number of fused-ring (bicyclic) bond motifs is 21. The average molecular weight is 1030 g/mol. The van der Waals surface area contributed by atoms with E-state index in [9.17, 15) is 0 Å². The molecule has 0 N–H and O–H groups in total. The van der Waals surface area contributed by atoms with Gasteiger partial charge in [-0.3, -0.25) is 0 Å². The van der Waals surface area contributed by atoms with Crippen LogP contribution in [0.2, 0.25) is 0 Å². The fourth-order valence-electron chi connectivity index (χ4n) is 15.1. The Hall–Kier alpha value is -10.4. The molecule has 0 atom stereocenters. The molecule has 0 unspecified atom stereocenters. The number of nitrogens with zero attached hydrogens (tertiary/aromatic N) is 3. The first-order chi connectivity index (χ1) is 40.2. The van der Waals surface area contributed by atoms with Gasteiger partial charge in [0.1, 0.15) is 34.5 Å². The van der Waals surface area contributed by atoms with Gasteiger partial charge in [-0.2, -0.15) is 0 Å². The van der Waals surface area contributed by atoms with E-state index in [1.165, 1.54) is 32.8 Å². The molecule has 13 aromatic rings. The second kappa shape index (κ2) is 16.1. The highest BCUT2D eigenvalue weighted by Gasteiger charge is 2.47. The zero-order chi connectivity index (χ0) is 52.6. The van der Waals surface area contributed by atoms with Gasteiger partial charge in [0, 0.05) is 67.3 Å². The Kier molecular flexibility index (Phi) is 8.68. The summed E-state index contributed by atoms with van der Waals surface area (Å²) in [5, 5.41) is 6.31. The highest BCUT2D eigenvalue weighted by Crippen LogP contribution is 2.52. The molecule has 6 aliphatic rings. The summed E-state index contributed by atoms with van der Waals surface area (Å²) in [6, 6.07) is 92.6. The maximum atomic E-state index is 7.61. The molecule has 6 aliphatic heterocycles. The Bertz CT molecular complexity index is 4400. The summed E-state index contributed by atoms with van der Waals surface area (Å²) in [7, 11) is 0. The summed E-state index contributed by atoms with van der Waals surface area (Å²) < 4.78 is 22.8. The lowest BCUT2D eigenvalue weighted by molar-refractivity contribution is 0.492. The number of hydrogen-bond acceptors (Lipinski definition) is 6. The third-order valence-corrected chi connectivity index (χ3v) is 18.2. The molecule has 0 fully saturated rings. The van der Waals surface area contributed by atoms with E-state index >= 15 is 0 Å². The van der Waals surface area contributed by atoms with Crippen LogP contribution in [0.3, 0.4) is 0 Å². The summed E-state index contributed by atoms with van der Waals surface area (Å²) in [4.78, 5) is 7.19. The number of ether oxygens (including phenoxy) is 3. The van der Waals surface area contributed by atoms with E-state index in [4.69, 9.17) is 14.2 Å². The fourth-order valence-corrected chi connectivity index (χ4v) is 15.1. The number of hydrogen-bond donors (Lipinski definition) is 0. The van der Waals surface area contributed by atoms with Crippen molar-refractivity contribution in [3.8, 4) is 34.5 Å². The van der Waals surface area contributed by atoms with Crippen molar-refractivity contribution >= 4 is 153 Å². The van der Waals surface area contributed by atoms with Gasteiger partial charge in [0.15, 0.2) is 0 Å². The molecule has 6 nitrogen and oxygen atoms in total. The van der Waals surface area contributed by atoms with Gasteiger partial charge in [-0.05, 0) is 156 Å². The van der Waals surface area contributed by atoms with Crippen molar-refractivity contribution in [1.29, 1.82) is 0 Å². The van der Waals surface area contributed by atoms with Gasteiger partial charge >= 0.3 is 0 Å². The Morgan fingerprint density at radius 3 is 0.802 bits per heavy atom. The monoisotopic (exact) mass is 1030 g/mol. The van der Waals surface area contributed by atoms with E-state index < -0.39 is 0 Å². The van der Waals surface area contributed by atoms with Gasteiger partial charge in [-0.1, -0.05) is 164 Å². The second-order valence-corrected chi connectivity index (χ2v) is 22.1. The normalized spacial score (nSPS) is 14.1. The van der Waals surface area contributed by atoms with E-state index in [-0.39, 0.29) is 20.1 Å². The Labute approximate surface area is 468 Å². The molecule has 0 saturated heterocycles. The molecule has 0 bridgehead atoms. The highest BCUT2D eigenvalue weighted by molar-refractivity contribution is 7.01. The zero-order valence-corrected chi connectivity index (χ0v) is 43.5. The number of anilines is 9. The molecule has 0 radical (unpaired) electrons. The Morgan fingerprint density at radius 2 is 0.494 bits per heavy atom. The van der Waals surface area contributed by atoms with Crippen molar-refractivity contribution in [1.82, 2.24) is 0 Å². The van der Waals surface area contributed by atoms with E-state index in [1.54, 1.807) is 0 Å². The summed E-state index contributed by atoms with van der Waals surface area (Å²) >= 11 is 0. The van der Waals surface area contributed by atoms with Crippen LogP contribution in [0.25, 0.3) is 32.3 Å². The average Bonchev–Trinajstić information content (AvgIpc) is 2.91. The lowest BCUT2D eigenvalue weighted by Crippen LogP contribution is -2.59. The third-order valence-electron chi connectivity index (χ3n) is 18.2. The minimum absolute atomic E-state index is 0.103. The first kappa shape index (κ1) is 43.6. The standard InChI is InChI=1S/C72H42B3N3O3/c1-4-19-43(20-5-1)76-55-28-13-10-25-49(55)73-52-40-37-46-64(70(52)79-61-34-16-31-58(76)67(61)73)47-38-41-53-72(81-63-36-18-33-60-69(63)74(53)50-26-11-14-29-56(50)77(60)44-21-6-2-7-22-44)66(47)48-39-42-54-71(65(46)48)80-62-35-17-32-59-68(62)75(54)51-27-12-15-30-57(51)78(59)45-23-8-3-9-24-45/h1-42H. The van der Waals surface area contributed by atoms with Gasteiger partial charge in [-0.15, -0.1) is 0 Å². The van der Waals surface area contributed by atoms with Crippen LogP contribution in [-0.4, -0.2) is 20.1 Å². The van der Waals surface area contributed by atoms with Gasteiger partial charge in [0.25, 0.3) is 20.1 Å². The maximum absolute atomic E-state index is 7.61. The molecule has 19 rings (SSSR count). The molecule has 81 heavy (non-hydrogen) atoms. The fraction of sp³-hybridized carbons (Fsp3) is 0. The minimum atomic E-state index is -0.103. The molecule has 0 aromatic heterocycles. The predicted octanol–water partition coefficient (Wildman–Crippen LogP) is 12.4. The molecule has 0 spiro atoms. The molecule has 0 aliphatic carbocycles. The first-order valence-corrected chi connectivity index (χ1v) is 28.0. The molecule has 9 heteroatoms. The largest absolute Gasteiger partial charge is 0.458 e. The van der Waals surface area contributed by atoms with E-state index in [0.717, 1.165) is 134 Å². The number of benzene rings is 13. The van der Waals surface area contributed by atoms with Crippen molar-refractivity contribution in [2.75, 3.05) is 14.7 Å². The van der Waals surface area contributed by atoms with Gasteiger partial charge in [0.05, 0.1) is 0 Å². The summed E-state index contributed by atoms with van der Waals surface area (Å²) in [5.74, 6) is 5.13. The maximum Gasteiger partial charge on any atom is 0.256 e.